The third kappa shape index (κ3) is 5.80. The topological polar surface area (TPSA) is 44.8 Å². The Balaban J connectivity index is 2.15. The van der Waals surface area contributed by atoms with Gasteiger partial charge in [-0.1, -0.05) is 13.8 Å². The Morgan fingerprint density at radius 2 is 1.94 bits per heavy atom. The van der Waals surface area contributed by atoms with Crippen molar-refractivity contribution in [1.29, 1.82) is 0 Å². The predicted octanol–water partition coefficient (Wildman–Crippen LogP) is 0.0226. The van der Waals surface area contributed by atoms with Crippen molar-refractivity contribution >= 4 is 5.91 Å². The highest BCUT2D eigenvalue weighted by Gasteiger charge is 2.20. The summed E-state index contributed by atoms with van der Waals surface area (Å²) in [5.41, 5.74) is 0. The van der Waals surface area contributed by atoms with E-state index in [1.807, 2.05) is 4.90 Å². The van der Waals surface area contributed by atoms with Crippen molar-refractivity contribution in [2.45, 2.75) is 13.8 Å². The molecule has 0 bridgehead atoms. The maximum Gasteiger partial charge on any atom is 0.236 e. The molecule has 1 heterocycles. The van der Waals surface area contributed by atoms with Crippen LogP contribution >= 0.6 is 0 Å². The van der Waals surface area contributed by atoms with Gasteiger partial charge in [0.1, 0.15) is 0 Å². The SMILES string of the molecule is COCCNCC(=O)N1CCN(CC(C)C)CC1. The van der Waals surface area contributed by atoms with E-state index in [1.165, 1.54) is 0 Å². The second kappa shape index (κ2) is 8.45. The standard InChI is InChI=1S/C13H27N3O2/c1-12(2)11-15-5-7-16(8-6-15)13(17)10-14-4-9-18-3/h12,14H,4-11H2,1-3H3. The molecule has 0 aromatic heterocycles. The number of piperazine rings is 1. The fraction of sp³-hybridized carbons (Fsp3) is 0.923. The molecule has 1 N–H and O–H groups in total. The van der Waals surface area contributed by atoms with Crippen LogP contribution in [0.25, 0.3) is 0 Å². The first-order valence-electron chi connectivity index (χ1n) is 6.83. The lowest BCUT2D eigenvalue weighted by Gasteiger charge is -2.35. The molecule has 5 nitrogen and oxygen atoms in total. The van der Waals surface area contributed by atoms with E-state index in [-0.39, 0.29) is 5.91 Å². The van der Waals surface area contributed by atoms with Crippen LogP contribution < -0.4 is 5.32 Å². The van der Waals surface area contributed by atoms with Crippen LogP contribution in [0.15, 0.2) is 0 Å². The number of nitrogens with zero attached hydrogens (tertiary/aromatic N) is 2. The van der Waals surface area contributed by atoms with Gasteiger partial charge in [0.2, 0.25) is 5.91 Å². The zero-order valence-corrected chi connectivity index (χ0v) is 11.9. The van der Waals surface area contributed by atoms with Crippen molar-refractivity contribution in [1.82, 2.24) is 15.1 Å². The number of nitrogens with one attached hydrogen (secondary N) is 1. The molecule has 0 saturated carbocycles. The third-order valence-electron chi connectivity index (χ3n) is 3.11. The van der Waals surface area contributed by atoms with E-state index in [0.717, 1.165) is 39.3 Å². The predicted molar refractivity (Wildman–Crippen MR) is 72.6 cm³/mol. The molecule has 1 aliphatic rings. The summed E-state index contributed by atoms with van der Waals surface area (Å²) in [5, 5.41) is 3.10. The smallest absolute Gasteiger partial charge is 0.236 e. The molecule has 0 atom stereocenters. The summed E-state index contributed by atoms with van der Waals surface area (Å²) < 4.78 is 4.93. The molecule has 0 radical (unpaired) electrons. The van der Waals surface area contributed by atoms with Crippen LogP contribution in [0.2, 0.25) is 0 Å². The highest BCUT2D eigenvalue weighted by Crippen LogP contribution is 2.05. The normalized spacial score (nSPS) is 17.4. The van der Waals surface area contributed by atoms with Gasteiger partial charge in [-0.25, -0.2) is 0 Å². The zero-order chi connectivity index (χ0) is 13.4. The molecular weight excluding hydrogens is 230 g/mol. The molecule has 1 rings (SSSR count). The van der Waals surface area contributed by atoms with E-state index in [0.29, 0.717) is 19.1 Å². The van der Waals surface area contributed by atoms with Gasteiger partial charge in [-0.2, -0.15) is 0 Å². The fourth-order valence-electron chi connectivity index (χ4n) is 2.18. The fourth-order valence-corrected chi connectivity index (χ4v) is 2.18. The van der Waals surface area contributed by atoms with Gasteiger partial charge in [-0.05, 0) is 5.92 Å². The molecule has 5 heteroatoms. The Hall–Kier alpha value is -0.650. The minimum atomic E-state index is 0.204. The zero-order valence-electron chi connectivity index (χ0n) is 11.9. The molecule has 0 spiro atoms. The lowest BCUT2D eigenvalue weighted by atomic mass is 10.2. The van der Waals surface area contributed by atoms with Crippen molar-refractivity contribution in [3.8, 4) is 0 Å². The van der Waals surface area contributed by atoms with E-state index in [4.69, 9.17) is 4.74 Å². The van der Waals surface area contributed by atoms with Crippen LogP contribution in [0.3, 0.4) is 0 Å². The summed E-state index contributed by atoms with van der Waals surface area (Å²) in [7, 11) is 1.66. The first-order chi connectivity index (χ1) is 8.63. The second-order valence-electron chi connectivity index (χ2n) is 5.24. The molecule has 106 valence electrons. The Bertz CT molecular complexity index is 238. The first kappa shape index (κ1) is 15.4. The molecule has 0 unspecified atom stereocenters. The van der Waals surface area contributed by atoms with Gasteiger partial charge >= 0.3 is 0 Å². The van der Waals surface area contributed by atoms with E-state index in [2.05, 4.69) is 24.1 Å². The Morgan fingerprint density at radius 3 is 2.50 bits per heavy atom. The minimum absolute atomic E-state index is 0.204. The van der Waals surface area contributed by atoms with Gasteiger partial charge in [-0.3, -0.25) is 9.69 Å². The van der Waals surface area contributed by atoms with Gasteiger partial charge in [0.15, 0.2) is 0 Å². The van der Waals surface area contributed by atoms with Crippen LogP contribution in [0.4, 0.5) is 0 Å². The number of amides is 1. The monoisotopic (exact) mass is 257 g/mol. The number of hydrogen-bond acceptors (Lipinski definition) is 4. The lowest BCUT2D eigenvalue weighted by molar-refractivity contribution is -0.132. The number of carbonyl (C=O) groups excluding carboxylic acids is 1. The lowest BCUT2D eigenvalue weighted by Crippen LogP contribution is -2.51. The van der Waals surface area contributed by atoms with Crippen molar-refractivity contribution in [3.63, 3.8) is 0 Å². The van der Waals surface area contributed by atoms with Gasteiger partial charge < -0.3 is 15.0 Å². The van der Waals surface area contributed by atoms with Gasteiger partial charge in [-0.15, -0.1) is 0 Å². The molecule has 0 aliphatic carbocycles. The van der Waals surface area contributed by atoms with Gasteiger partial charge in [0.05, 0.1) is 13.2 Å². The van der Waals surface area contributed by atoms with E-state index >= 15 is 0 Å². The summed E-state index contributed by atoms with van der Waals surface area (Å²) in [6.07, 6.45) is 0. The van der Waals surface area contributed by atoms with Crippen molar-refractivity contribution in [2.75, 3.05) is 59.5 Å². The molecular formula is C13H27N3O2. The maximum absolute atomic E-state index is 11.9. The average molecular weight is 257 g/mol. The Labute approximate surface area is 110 Å². The second-order valence-corrected chi connectivity index (χ2v) is 5.24. The van der Waals surface area contributed by atoms with E-state index in [1.54, 1.807) is 7.11 Å². The van der Waals surface area contributed by atoms with Crippen LogP contribution in [-0.2, 0) is 9.53 Å². The number of rotatable bonds is 7. The van der Waals surface area contributed by atoms with Crippen molar-refractivity contribution in [2.24, 2.45) is 5.92 Å². The van der Waals surface area contributed by atoms with Gasteiger partial charge in [0, 0.05) is 46.4 Å². The summed E-state index contributed by atoms with van der Waals surface area (Å²) >= 11 is 0. The number of methoxy groups -OCH3 is 1. The summed E-state index contributed by atoms with van der Waals surface area (Å²) in [4.78, 5) is 16.3. The van der Waals surface area contributed by atoms with Crippen molar-refractivity contribution < 1.29 is 9.53 Å². The molecule has 1 aliphatic heterocycles. The molecule has 0 aromatic rings. The third-order valence-corrected chi connectivity index (χ3v) is 3.11. The van der Waals surface area contributed by atoms with E-state index < -0.39 is 0 Å². The largest absolute Gasteiger partial charge is 0.383 e. The molecule has 1 fully saturated rings. The average Bonchev–Trinajstić information content (AvgIpc) is 2.34. The first-order valence-corrected chi connectivity index (χ1v) is 6.83. The Morgan fingerprint density at radius 1 is 1.28 bits per heavy atom. The number of hydrogen-bond donors (Lipinski definition) is 1. The molecule has 1 amide bonds. The highest BCUT2D eigenvalue weighted by molar-refractivity contribution is 5.78. The minimum Gasteiger partial charge on any atom is -0.383 e. The molecule has 0 aromatic carbocycles. The van der Waals surface area contributed by atoms with Crippen LogP contribution in [-0.4, -0.2) is 75.2 Å². The highest BCUT2D eigenvalue weighted by atomic mass is 16.5. The quantitative estimate of drug-likeness (QED) is 0.653. The molecule has 18 heavy (non-hydrogen) atoms. The summed E-state index contributed by atoms with van der Waals surface area (Å²) in [5.74, 6) is 0.901. The van der Waals surface area contributed by atoms with Crippen LogP contribution in [0.1, 0.15) is 13.8 Å². The maximum atomic E-state index is 11.9. The van der Waals surface area contributed by atoms with Crippen LogP contribution in [0, 0.1) is 5.92 Å². The van der Waals surface area contributed by atoms with E-state index in [9.17, 15) is 4.79 Å². The number of ether oxygens (including phenoxy) is 1. The number of carbonyl (C=O) groups is 1. The summed E-state index contributed by atoms with van der Waals surface area (Å²) in [6.45, 7) is 11.1. The van der Waals surface area contributed by atoms with Gasteiger partial charge in [0.25, 0.3) is 0 Å². The van der Waals surface area contributed by atoms with Crippen LogP contribution in [0.5, 0.6) is 0 Å². The summed E-state index contributed by atoms with van der Waals surface area (Å²) in [6, 6.07) is 0. The van der Waals surface area contributed by atoms with Crippen molar-refractivity contribution in [3.05, 3.63) is 0 Å². The molecule has 1 saturated heterocycles. The Kier molecular flexibility index (Phi) is 7.23.